The molecule has 0 aliphatic carbocycles. The summed E-state index contributed by atoms with van der Waals surface area (Å²) in [5.74, 6) is 1.15. The van der Waals surface area contributed by atoms with E-state index in [-0.39, 0.29) is 6.61 Å². The van der Waals surface area contributed by atoms with Gasteiger partial charge in [-0.25, -0.2) is 19.6 Å². The van der Waals surface area contributed by atoms with Crippen molar-refractivity contribution in [2.24, 2.45) is 4.40 Å². The van der Waals surface area contributed by atoms with Gasteiger partial charge < -0.3 is 9.66 Å². The molecule has 164 valence electrons. The Kier molecular flexibility index (Phi) is 6.05. The van der Waals surface area contributed by atoms with Crippen LogP contribution in [0.4, 0.5) is 0 Å². The van der Waals surface area contributed by atoms with Crippen molar-refractivity contribution < 1.29 is 9.66 Å². The minimum absolute atomic E-state index is 0.139. The highest BCUT2D eigenvalue weighted by Crippen LogP contribution is 2.24. The zero-order chi connectivity index (χ0) is 22.9. The van der Waals surface area contributed by atoms with E-state index in [1.165, 1.54) is 0 Å². The van der Waals surface area contributed by atoms with Crippen LogP contribution in [0.2, 0.25) is 0 Å². The van der Waals surface area contributed by atoms with Gasteiger partial charge in [0, 0.05) is 17.1 Å². The number of fused-ring (bicyclic) bond motifs is 1. The van der Waals surface area contributed by atoms with Gasteiger partial charge in [-0.3, -0.25) is 0 Å². The molecule has 4 aromatic rings. The highest BCUT2D eigenvalue weighted by atomic mass is 32.2. The molecule has 0 saturated carbocycles. The maximum atomic E-state index is 12.4. The third-order valence-electron chi connectivity index (χ3n) is 4.77. The number of nitrogens with zero attached hydrogens (tertiary/aromatic N) is 6. The van der Waals surface area contributed by atoms with Gasteiger partial charge in [-0.15, -0.1) is 0 Å². The van der Waals surface area contributed by atoms with Crippen molar-refractivity contribution in [1.82, 2.24) is 24.7 Å². The van der Waals surface area contributed by atoms with Gasteiger partial charge in [-0.05, 0) is 52.0 Å². The third kappa shape index (κ3) is 4.55. The van der Waals surface area contributed by atoms with Crippen LogP contribution >= 0.6 is 0 Å². The molecule has 1 atom stereocenters. The Balaban J connectivity index is 1.73. The minimum atomic E-state index is -1.37. The van der Waals surface area contributed by atoms with Crippen LogP contribution in [0, 0.1) is 0 Å². The van der Waals surface area contributed by atoms with Crippen molar-refractivity contribution in [3.8, 4) is 17.2 Å². The molecule has 9 heteroatoms. The molecule has 0 saturated heterocycles. The van der Waals surface area contributed by atoms with Gasteiger partial charge in [-0.1, -0.05) is 22.6 Å². The summed E-state index contributed by atoms with van der Waals surface area (Å²) in [5, 5.41) is 14.8. The first kappa shape index (κ1) is 22.1. The van der Waals surface area contributed by atoms with Gasteiger partial charge in [0.25, 0.3) is 0 Å². The van der Waals surface area contributed by atoms with E-state index in [9.17, 15) is 9.66 Å². The van der Waals surface area contributed by atoms with Crippen LogP contribution in [0.1, 0.15) is 39.1 Å². The molecule has 32 heavy (non-hydrogen) atoms. The normalized spacial score (nSPS) is 13.5. The van der Waals surface area contributed by atoms with E-state index in [1.54, 1.807) is 36.1 Å². The third-order valence-corrected chi connectivity index (χ3v) is 6.26. The fraction of sp³-hybridized carbons (Fsp3) is 0.261. The Morgan fingerprint density at radius 2 is 1.97 bits per heavy atom. The SMILES string of the molecule is C/C(=N/[S+]([O-])C(C)(C)C)c1ccnc(-c2ccc3cnn(-c4cccc(CO)n4)c3c2)n1. The lowest BCUT2D eigenvalue weighted by atomic mass is 10.1. The second-order valence-corrected chi connectivity index (χ2v) is 10.2. The molecule has 0 aliphatic rings. The van der Waals surface area contributed by atoms with Crippen molar-refractivity contribution in [3.05, 3.63) is 66.2 Å². The zero-order valence-electron chi connectivity index (χ0n) is 18.4. The van der Waals surface area contributed by atoms with Gasteiger partial charge in [0.1, 0.15) is 21.8 Å². The molecule has 0 aliphatic heterocycles. The monoisotopic (exact) mass is 448 g/mol. The quantitative estimate of drug-likeness (QED) is 0.368. The number of benzene rings is 1. The zero-order valence-corrected chi connectivity index (χ0v) is 19.2. The van der Waals surface area contributed by atoms with E-state index in [0.29, 0.717) is 28.7 Å². The fourth-order valence-electron chi connectivity index (χ4n) is 3.02. The molecule has 1 N–H and O–H groups in total. The molecular formula is C23H24N6O2S. The van der Waals surface area contributed by atoms with Gasteiger partial charge in [0.2, 0.25) is 0 Å². The van der Waals surface area contributed by atoms with Gasteiger partial charge >= 0.3 is 0 Å². The van der Waals surface area contributed by atoms with Crippen molar-refractivity contribution >= 4 is 28.0 Å². The molecule has 0 fully saturated rings. The van der Waals surface area contributed by atoms with Crippen molar-refractivity contribution in [2.45, 2.75) is 39.0 Å². The number of hydrogen-bond donors (Lipinski definition) is 1. The molecule has 3 aromatic heterocycles. The maximum absolute atomic E-state index is 12.4. The molecule has 3 heterocycles. The maximum Gasteiger partial charge on any atom is 0.159 e. The van der Waals surface area contributed by atoms with Crippen LogP contribution in [-0.4, -0.2) is 44.9 Å². The highest BCUT2D eigenvalue weighted by molar-refractivity contribution is 7.91. The Labute approximate surface area is 189 Å². The smallest absolute Gasteiger partial charge is 0.159 e. The van der Waals surface area contributed by atoms with Crippen LogP contribution in [0.3, 0.4) is 0 Å². The molecular weight excluding hydrogens is 424 g/mol. The van der Waals surface area contributed by atoms with Crippen LogP contribution < -0.4 is 0 Å². The predicted molar refractivity (Wildman–Crippen MR) is 126 cm³/mol. The number of pyridine rings is 1. The Hall–Kier alpha value is -3.14. The van der Waals surface area contributed by atoms with E-state index in [0.717, 1.165) is 16.5 Å². The first-order chi connectivity index (χ1) is 15.3. The lowest BCUT2D eigenvalue weighted by Gasteiger charge is -2.18. The van der Waals surface area contributed by atoms with Gasteiger partial charge in [0.05, 0.1) is 29.7 Å². The first-order valence-electron chi connectivity index (χ1n) is 10.1. The summed E-state index contributed by atoms with van der Waals surface area (Å²) in [4.78, 5) is 13.5. The predicted octanol–water partition coefficient (Wildman–Crippen LogP) is 3.64. The molecule has 8 nitrogen and oxygen atoms in total. The number of aromatic nitrogens is 5. The molecule has 1 aromatic carbocycles. The van der Waals surface area contributed by atoms with E-state index in [2.05, 4.69) is 24.4 Å². The standard InChI is InChI=1S/C23H24N6O2S/c1-15(28-32(31)23(2,3)4)19-10-11-24-22(27-19)16-8-9-17-13-25-29(20(17)12-16)21-7-5-6-18(14-30)26-21/h5-13,30H,14H2,1-4H3/b28-15-. The fourth-order valence-corrected chi connectivity index (χ4v) is 3.64. The first-order valence-corrected chi connectivity index (χ1v) is 11.2. The average Bonchev–Trinajstić information content (AvgIpc) is 3.22. The number of hydrogen-bond acceptors (Lipinski definition) is 7. The summed E-state index contributed by atoms with van der Waals surface area (Å²) in [5.41, 5.74) is 3.44. The summed E-state index contributed by atoms with van der Waals surface area (Å²) in [7, 11) is 0. The van der Waals surface area contributed by atoms with Crippen LogP contribution in [0.15, 0.2) is 59.3 Å². The largest absolute Gasteiger partial charge is 0.591 e. The lowest BCUT2D eigenvalue weighted by Crippen LogP contribution is -2.26. The Bertz CT molecular complexity index is 1300. The minimum Gasteiger partial charge on any atom is -0.591 e. The molecule has 4 rings (SSSR count). The highest BCUT2D eigenvalue weighted by Gasteiger charge is 2.27. The van der Waals surface area contributed by atoms with E-state index >= 15 is 0 Å². The molecule has 1 unspecified atom stereocenters. The van der Waals surface area contributed by atoms with E-state index in [4.69, 9.17) is 0 Å². The van der Waals surface area contributed by atoms with Gasteiger partial charge in [0.15, 0.2) is 11.6 Å². The van der Waals surface area contributed by atoms with Crippen molar-refractivity contribution in [3.63, 3.8) is 0 Å². The topological polar surface area (TPSA) is 112 Å². The Morgan fingerprint density at radius 3 is 2.72 bits per heavy atom. The number of rotatable bonds is 5. The second kappa shape index (κ2) is 8.78. The molecule has 0 radical (unpaired) electrons. The molecule has 0 bridgehead atoms. The van der Waals surface area contributed by atoms with Crippen LogP contribution in [-0.2, 0) is 18.0 Å². The summed E-state index contributed by atoms with van der Waals surface area (Å²) < 4.78 is 18.0. The molecule has 0 spiro atoms. The lowest BCUT2D eigenvalue weighted by molar-refractivity contribution is 0.276. The summed E-state index contributed by atoms with van der Waals surface area (Å²) in [6.45, 7) is 7.31. The van der Waals surface area contributed by atoms with Crippen molar-refractivity contribution in [1.29, 1.82) is 0 Å². The number of aliphatic hydroxyl groups is 1. The van der Waals surface area contributed by atoms with E-state index < -0.39 is 16.1 Å². The molecule has 0 amide bonds. The number of aliphatic hydroxyl groups excluding tert-OH is 1. The average molecular weight is 449 g/mol. The van der Waals surface area contributed by atoms with Crippen LogP contribution in [0.25, 0.3) is 28.1 Å². The van der Waals surface area contributed by atoms with Crippen molar-refractivity contribution in [2.75, 3.05) is 0 Å². The summed E-state index contributed by atoms with van der Waals surface area (Å²) >= 11 is -1.37. The van der Waals surface area contributed by atoms with E-state index in [1.807, 2.05) is 51.1 Å². The summed E-state index contributed by atoms with van der Waals surface area (Å²) in [6.07, 6.45) is 3.44. The summed E-state index contributed by atoms with van der Waals surface area (Å²) in [6, 6.07) is 13.0. The van der Waals surface area contributed by atoms with Crippen LogP contribution in [0.5, 0.6) is 0 Å². The van der Waals surface area contributed by atoms with Gasteiger partial charge in [-0.2, -0.15) is 5.10 Å². The Morgan fingerprint density at radius 1 is 1.16 bits per heavy atom. The second-order valence-electron chi connectivity index (χ2n) is 8.28.